The van der Waals surface area contributed by atoms with E-state index in [1.807, 2.05) is 23.9 Å². The van der Waals surface area contributed by atoms with Gasteiger partial charge in [-0.05, 0) is 92.4 Å². The van der Waals surface area contributed by atoms with Crippen molar-refractivity contribution >= 4 is 57.0 Å². The summed E-state index contributed by atoms with van der Waals surface area (Å²) in [5, 5.41) is 0. The first kappa shape index (κ1) is 26.6. The molecule has 2 aromatic rings. The van der Waals surface area contributed by atoms with Crippen LogP contribution in [0.3, 0.4) is 0 Å². The van der Waals surface area contributed by atoms with Crippen molar-refractivity contribution < 1.29 is 0 Å². The first-order chi connectivity index (χ1) is 14.0. The lowest BCUT2D eigenvalue weighted by molar-refractivity contribution is 0.761. The number of nitrogens with two attached hydrogens (primary N) is 2. The summed E-state index contributed by atoms with van der Waals surface area (Å²) in [4.78, 5) is 0. The zero-order chi connectivity index (χ0) is 23.8. The highest BCUT2D eigenvalue weighted by Gasteiger charge is 2.35. The highest BCUT2D eigenvalue weighted by Crippen LogP contribution is 2.51. The number of benzene rings is 2. The van der Waals surface area contributed by atoms with E-state index in [9.17, 15) is 0 Å². The first-order valence-electron chi connectivity index (χ1n) is 10.9. The number of hydrogen-bond donors (Lipinski definition) is 3. The maximum absolute atomic E-state index is 6.29. The molecular formula is C25H40N2S3Si. The largest absolute Gasteiger partial charge is 0.399 e. The van der Waals surface area contributed by atoms with Gasteiger partial charge in [-0.2, -0.15) is 12.6 Å². The van der Waals surface area contributed by atoms with Crippen molar-refractivity contribution in [2.24, 2.45) is 0 Å². The fourth-order valence-electron chi connectivity index (χ4n) is 4.09. The molecule has 172 valence electrons. The van der Waals surface area contributed by atoms with E-state index in [-0.39, 0.29) is 23.1 Å². The summed E-state index contributed by atoms with van der Waals surface area (Å²) >= 11 is 8.71. The molecule has 4 N–H and O–H groups in total. The van der Waals surface area contributed by atoms with E-state index >= 15 is 0 Å². The monoisotopic (exact) mass is 492 g/mol. The Morgan fingerprint density at radius 3 is 1.45 bits per heavy atom. The molecule has 0 atom stereocenters. The summed E-state index contributed by atoms with van der Waals surface area (Å²) < 4.78 is -0.0990. The molecule has 0 saturated carbocycles. The lowest BCUT2D eigenvalue weighted by Crippen LogP contribution is -2.29. The molecule has 0 bridgehead atoms. The minimum Gasteiger partial charge on any atom is -0.399 e. The normalized spacial score (nSPS) is 13.9. The minimum absolute atomic E-state index is 0.0734. The van der Waals surface area contributed by atoms with Crippen molar-refractivity contribution in [1.82, 2.24) is 0 Å². The van der Waals surface area contributed by atoms with Gasteiger partial charge in [0.15, 0.2) is 0 Å². The van der Waals surface area contributed by atoms with E-state index in [1.54, 1.807) is 0 Å². The fourth-order valence-corrected chi connectivity index (χ4v) is 9.62. The number of rotatable bonds is 8. The Balaban J connectivity index is 2.74. The molecule has 0 aliphatic heterocycles. The van der Waals surface area contributed by atoms with Gasteiger partial charge in [0.2, 0.25) is 0 Å². The van der Waals surface area contributed by atoms with Crippen molar-refractivity contribution in [3.8, 4) is 11.1 Å². The summed E-state index contributed by atoms with van der Waals surface area (Å²) in [7, 11) is -0.179. The van der Waals surface area contributed by atoms with Gasteiger partial charge in [-0.3, -0.25) is 0 Å². The van der Waals surface area contributed by atoms with E-state index in [0.717, 1.165) is 11.4 Å². The molecule has 6 heteroatoms. The number of thioether (sulfide) groups is 2. The molecule has 2 nitrogen and oxygen atoms in total. The van der Waals surface area contributed by atoms with Gasteiger partial charge in [0.05, 0.1) is 4.08 Å². The van der Waals surface area contributed by atoms with Gasteiger partial charge in [-0.15, -0.1) is 23.5 Å². The van der Waals surface area contributed by atoms with E-state index in [1.165, 1.54) is 22.3 Å². The summed E-state index contributed by atoms with van der Waals surface area (Å²) in [6.07, 6.45) is 0. The van der Waals surface area contributed by atoms with Crippen molar-refractivity contribution in [1.29, 1.82) is 0 Å². The summed E-state index contributed by atoms with van der Waals surface area (Å²) in [6.45, 7) is 20.6. The molecular weight excluding hydrogens is 453 g/mol. The topological polar surface area (TPSA) is 52.0 Å². The lowest BCUT2D eigenvalue weighted by Gasteiger charge is -2.37. The van der Waals surface area contributed by atoms with E-state index in [4.69, 9.17) is 24.1 Å². The molecule has 0 fully saturated rings. The minimum atomic E-state index is -0.179. The van der Waals surface area contributed by atoms with Crippen LogP contribution in [0, 0.1) is 0 Å². The van der Waals surface area contributed by atoms with Gasteiger partial charge in [0.25, 0.3) is 0 Å². The van der Waals surface area contributed by atoms with Crippen LogP contribution in [-0.4, -0.2) is 18.0 Å². The molecule has 0 aromatic heterocycles. The van der Waals surface area contributed by atoms with Crippen LogP contribution in [0.15, 0.2) is 36.4 Å². The molecule has 0 aliphatic carbocycles. The predicted octanol–water partition coefficient (Wildman–Crippen LogP) is 7.07. The summed E-state index contributed by atoms with van der Waals surface area (Å²) in [5.41, 5.74) is 19.1. The average molecular weight is 493 g/mol. The Labute approximate surface area is 206 Å². The first-order valence-corrected chi connectivity index (χ1v) is 15.1. The van der Waals surface area contributed by atoms with Crippen LogP contribution in [0.5, 0.6) is 0 Å². The second-order valence-corrected chi connectivity index (χ2v) is 19.4. The van der Waals surface area contributed by atoms with Gasteiger partial charge >= 0.3 is 0 Å². The maximum Gasteiger partial charge on any atom is 0.0534 e. The van der Waals surface area contributed by atoms with Crippen molar-refractivity contribution in [3.05, 3.63) is 47.5 Å². The molecule has 2 aromatic carbocycles. The maximum atomic E-state index is 6.29. The van der Waals surface area contributed by atoms with Crippen LogP contribution in [0.1, 0.15) is 66.5 Å². The van der Waals surface area contributed by atoms with Crippen LogP contribution in [0.25, 0.3) is 11.1 Å². The third-order valence-electron chi connectivity index (χ3n) is 5.56. The van der Waals surface area contributed by atoms with Crippen molar-refractivity contribution in [3.63, 3.8) is 0 Å². The number of nitrogen functional groups attached to an aromatic ring is 2. The van der Waals surface area contributed by atoms with Gasteiger partial charge in [-0.25, -0.2) is 0 Å². The van der Waals surface area contributed by atoms with Crippen molar-refractivity contribution in [2.75, 3.05) is 11.5 Å². The zero-order valence-electron chi connectivity index (χ0n) is 20.6. The van der Waals surface area contributed by atoms with Gasteiger partial charge in [-0.1, -0.05) is 32.5 Å². The average Bonchev–Trinajstić information content (AvgIpc) is 2.59. The van der Waals surface area contributed by atoms with Crippen LogP contribution in [0.4, 0.5) is 11.4 Å². The Morgan fingerprint density at radius 1 is 0.710 bits per heavy atom. The zero-order valence-corrected chi connectivity index (χ0v) is 24.5. The molecule has 0 radical (unpaired) electrons. The Morgan fingerprint density at radius 2 is 1.10 bits per heavy atom. The second kappa shape index (κ2) is 9.28. The highest BCUT2D eigenvalue weighted by molar-refractivity contribution is 8.12. The van der Waals surface area contributed by atoms with Crippen molar-refractivity contribution in [2.45, 2.75) is 79.9 Å². The highest BCUT2D eigenvalue weighted by atomic mass is 32.2. The third kappa shape index (κ3) is 6.89. The van der Waals surface area contributed by atoms with E-state index < -0.39 is 0 Å². The molecule has 0 spiro atoms. The summed E-state index contributed by atoms with van der Waals surface area (Å²) in [6, 6.07) is 12.7. The Kier molecular flexibility index (Phi) is 7.95. The van der Waals surface area contributed by atoms with E-state index in [2.05, 4.69) is 98.0 Å². The molecule has 0 amide bonds. The lowest BCUT2D eigenvalue weighted by atomic mass is 9.86. The van der Waals surface area contributed by atoms with Gasteiger partial charge < -0.3 is 11.5 Å². The third-order valence-corrected chi connectivity index (χ3v) is 11.4. The molecule has 2 rings (SSSR count). The Hall–Kier alpha value is -0.693. The fraction of sp³-hybridized carbons (Fsp3) is 0.520. The van der Waals surface area contributed by atoms with Crippen LogP contribution in [-0.2, 0) is 9.49 Å². The SMILES string of the molecule is C[SiH2]C(C)(C)SC(C)(C)c1cc(N)ccc1-c1ccc(N)cc1C(C)(C)SC(C)(C)S. The van der Waals surface area contributed by atoms with Gasteiger partial charge in [0, 0.05) is 30.4 Å². The predicted molar refractivity (Wildman–Crippen MR) is 153 cm³/mol. The standard InChI is InChI=1S/C25H40N2S3Si/c1-22(2,29-24(5,6)28)20-14-16(26)10-12-18(20)19-13-11-17(27)15-21(19)23(3,4)30-25(7,8)31-9/h10-15,28H,26-27,31H2,1-9H3. The molecule has 0 heterocycles. The van der Waals surface area contributed by atoms with Gasteiger partial charge in [0.1, 0.15) is 0 Å². The number of anilines is 2. The molecule has 0 aliphatic rings. The quantitative estimate of drug-likeness (QED) is 0.160. The molecule has 0 saturated heterocycles. The molecule has 31 heavy (non-hydrogen) atoms. The number of thiol groups is 1. The van der Waals surface area contributed by atoms with Crippen LogP contribution in [0.2, 0.25) is 6.55 Å². The molecule has 0 unspecified atom stereocenters. The second-order valence-electron chi connectivity index (χ2n) is 10.4. The number of hydrogen-bond acceptors (Lipinski definition) is 5. The van der Waals surface area contributed by atoms with E-state index in [0.29, 0.717) is 4.37 Å². The Bertz CT molecular complexity index is 931. The smallest absolute Gasteiger partial charge is 0.0534 e. The van der Waals surface area contributed by atoms with Crippen LogP contribution >= 0.6 is 36.2 Å². The summed E-state index contributed by atoms with van der Waals surface area (Å²) in [5.74, 6) is 0. The van der Waals surface area contributed by atoms with Crippen LogP contribution < -0.4 is 11.5 Å².